The van der Waals surface area contributed by atoms with E-state index in [9.17, 15) is 44.3 Å². The number of benzene rings is 3. The summed E-state index contributed by atoms with van der Waals surface area (Å²) in [6, 6.07) is 13.6. The second kappa shape index (κ2) is 13.5. The molecule has 43 heavy (non-hydrogen) atoms. The lowest BCUT2D eigenvalue weighted by atomic mass is 9.98. The molecule has 2 atom stereocenters. The van der Waals surface area contributed by atoms with Gasteiger partial charge < -0.3 is 15.9 Å². The first-order valence-corrected chi connectivity index (χ1v) is 13.1. The number of carbonyl (C=O) groups is 5. The number of carbonyl (C=O) groups excluding carboxylic acids is 3. The maximum Gasteiger partial charge on any atom is 0.395 e. The van der Waals surface area contributed by atoms with E-state index in [0.29, 0.717) is 23.1 Å². The molecule has 0 spiro atoms. The molecule has 224 valence electrons. The molecule has 0 aliphatic heterocycles. The number of carboxylic acids is 2. The molecule has 3 amide bonds. The molecule has 0 aliphatic carbocycles. The molecular weight excluding hydrogens is 560 g/mol. The van der Waals surface area contributed by atoms with Crippen molar-refractivity contribution in [3.8, 4) is 0 Å². The van der Waals surface area contributed by atoms with Crippen LogP contribution < -0.4 is 10.6 Å². The third-order valence-corrected chi connectivity index (χ3v) is 6.85. The minimum atomic E-state index is -1.79. The van der Waals surface area contributed by atoms with Gasteiger partial charge in [-0.15, -0.1) is 0 Å². The zero-order valence-electron chi connectivity index (χ0n) is 23.6. The molecule has 0 saturated heterocycles. The van der Waals surface area contributed by atoms with Crippen LogP contribution in [0, 0.1) is 10.1 Å². The standard InChI is InChI=1S/C30H30N4O9/c1-4-20-15-19(9-14-25(20)33(28(37)30(40)41)26-8-6-5-7-23(26)29(38)39)16-24(31)27(36)32(18(3)35)17(2)21-10-12-22(13-11-21)34(42)43/h5-15,17,24H,4,16,31H2,1-3H3,(H,38,39)(H,40,41)/t17-,24?/m1/s1. The van der Waals surface area contributed by atoms with Crippen molar-refractivity contribution >= 4 is 46.7 Å². The number of hydrogen-bond acceptors (Lipinski definition) is 8. The lowest BCUT2D eigenvalue weighted by Gasteiger charge is -2.29. The highest BCUT2D eigenvalue weighted by Gasteiger charge is 2.32. The van der Waals surface area contributed by atoms with Crippen molar-refractivity contribution in [2.75, 3.05) is 4.90 Å². The van der Waals surface area contributed by atoms with Gasteiger partial charge in [0.1, 0.15) is 0 Å². The molecule has 4 N–H and O–H groups in total. The maximum absolute atomic E-state index is 13.4. The summed E-state index contributed by atoms with van der Waals surface area (Å²) >= 11 is 0. The molecule has 3 aromatic carbocycles. The van der Waals surface area contributed by atoms with Gasteiger partial charge in [0.2, 0.25) is 11.8 Å². The van der Waals surface area contributed by atoms with Crippen LogP contribution in [0.5, 0.6) is 0 Å². The molecule has 3 rings (SSSR count). The zero-order valence-corrected chi connectivity index (χ0v) is 23.6. The average Bonchev–Trinajstić information content (AvgIpc) is 2.97. The van der Waals surface area contributed by atoms with E-state index < -0.39 is 46.7 Å². The van der Waals surface area contributed by atoms with Gasteiger partial charge in [-0.1, -0.05) is 43.3 Å². The van der Waals surface area contributed by atoms with Crippen LogP contribution in [0.2, 0.25) is 0 Å². The molecule has 13 heteroatoms. The summed E-state index contributed by atoms with van der Waals surface area (Å²) < 4.78 is 0. The third-order valence-electron chi connectivity index (χ3n) is 6.85. The van der Waals surface area contributed by atoms with Crippen molar-refractivity contribution in [3.63, 3.8) is 0 Å². The van der Waals surface area contributed by atoms with Gasteiger partial charge >= 0.3 is 17.8 Å². The predicted octanol–water partition coefficient (Wildman–Crippen LogP) is 3.61. The molecule has 0 aromatic heterocycles. The summed E-state index contributed by atoms with van der Waals surface area (Å²) in [6.45, 7) is 4.56. The van der Waals surface area contributed by atoms with Gasteiger partial charge in [-0.2, -0.15) is 0 Å². The largest absolute Gasteiger partial charge is 0.478 e. The Bertz CT molecular complexity index is 1590. The SMILES string of the molecule is CCc1cc(CC(N)C(=O)N(C(C)=O)[C@H](C)c2ccc([N+](=O)[O-])cc2)ccc1N(C(=O)C(=O)O)c1ccccc1C(=O)O. The minimum Gasteiger partial charge on any atom is -0.478 e. The highest BCUT2D eigenvalue weighted by atomic mass is 16.6. The summed E-state index contributed by atoms with van der Waals surface area (Å²) in [5.74, 6) is -5.75. The van der Waals surface area contributed by atoms with E-state index in [2.05, 4.69) is 0 Å². The van der Waals surface area contributed by atoms with Gasteiger partial charge in [0.15, 0.2) is 0 Å². The van der Waals surface area contributed by atoms with E-state index in [1.807, 2.05) is 0 Å². The Kier molecular flexibility index (Phi) is 10.1. The van der Waals surface area contributed by atoms with E-state index in [4.69, 9.17) is 5.73 Å². The summed E-state index contributed by atoms with van der Waals surface area (Å²) in [7, 11) is 0. The summed E-state index contributed by atoms with van der Waals surface area (Å²) in [5.41, 5.74) is 7.36. The number of rotatable bonds is 10. The maximum atomic E-state index is 13.4. The number of nitrogens with zero attached hydrogens (tertiary/aromatic N) is 3. The van der Waals surface area contributed by atoms with Crippen LogP contribution >= 0.6 is 0 Å². The molecule has 13 nitrogen and oxygen atoms in total. The molecule has 0 radical (unpaired) electrons. The lowest BCUT2D eigenvalue weighted by Crippen LogP contribution is -2.48. The van der Waals surface area contributed by atoms with Crippen LogP contribution in [-0.2, 0) is 32.0 Å². The summed E-state index contributed by atoms with van der Waals surface area (Å²) in [4.78, 5) is 74.4. The Morgan fingerprint density at radius 1 is 0.953 bits per heavy atom. The number of nitro groups is 1. The minimum absolute atomic E-state index is 0.0263. The monoisotopic (exact) mass is 590 g/mol. The Hall–Kier alpha value is -5.43. The molecule has 0 aliphatic rings. The normalized spacial score (nSPS) is 12.1. The fourth-order valence-electron chi connectivity index (χ4n) is 4.72. The van der Waals surface area contributed by atoms with E-state index >= 15 is 0 Å². The van der Waals surface area contributed by atoms with E-state index in [-0.39, 0.29) is 29.0 Å². The number of amides is 3. The first-order chi connectivity index (χ1) is 20.3. The number of hydrogen-bond donors (Lipinski definition) is 3. The molecule has 0 bridgehead atoms. The van der Waals surface area contributed by atoms with Crippen molar-refractivity contribution < 1.29 is 39.1 Å². The van der Waals surface area contributed by atoms with Crippen LogP contribution in [0.15, 0.2) is 66.7 Å². The lowest BCUT2D eigenvalue weighted by molar-refractivity contribution is -0.384. The van der Waals surface area contributed by atoms with E-state index in [1.165, 1.54) is 67.6 Å². The van der Waals surface area contributed by atoms with E-state index in [0.717, 1.165) is 9.80 Å². The van der Waals surface area contributed by atoms with Gasteiger partial charge in [0.05, 0.1) is 33.9 Å². The van der Waals surface area contributed by atoms with Crippen LogP contribution in [-0.4, -0.2) is 55.7 Å². The second-order valence-corrected chi connectivity index (χ2v) is 9.65. The zero-order chi connectivity index (χ0) is 32.0. The number of nitrogens with two attached hydrogens (primary N) is 1. The predicted molar refractivity (Wildman–Crippen MR) is 155 cm³/mol. The van der Waals surface area contributed by atoms with Gasteiger partial charge in [0, 0.05) is 19.1 Å². The summed E-state index contributed by atoms with van der Waals surface area (Å²) in [5, 5.41) is 30.1. The molecule has 1 unspecified atom stereocenters. The second-order valence-electron chi connectivity index (χ2n) is 9.65. The van der Waals surface area contributed by atoms with Crippen molar-refractivity contribution in [1.82, 2.24) is 4.90 Å². The Labute approximate surface area is 246 Å². The number of nitro benzene ring substituents is 1. The highest BCUT2D eigenvalue weighted by molar-refractivity contribution is 6.39. The number of aromatic carboxylic acids is 1. The number of aliphatic carboxylic acids is 1. The van der Waals surface area contributed by atoms with Crippen LogP contribution in [0.25, 0.3) is 0 Å². The first kappa shape index (κ1) is 32.1. The fraction of sp³-hybridized carbons (Fsp3) is 0.233. The van der Waals surface area contributed by atoms with Crippen molar-refractivity contribution in [1.29, 1.82) is 0 Å². The van der Waals surface area contributed by atoms with Crippen molar-refractivity contribution in [2.45, 2.75) is 45.7 Å². The molecule has 0 saturated carbocycles. The number of non-ortho nitro benzene ring substituents is 1. The Balaban J connectivity index is 1.94. The van der Waals surface area contributed by atoms with Crippen molar-refractivity contribution in [2.24, 2.45) is 5.73 Å². The first-order valence-electron chi connectivity index (χ1n) is 13.1. The molecule has 3 aromatic rings. The molecule has 0 fully saturated rings. The molecular formula is C30H30N4O9. The fourth-order valence-corrected chi connectivity index (χ4v) is 4.72. The van der Waals surface area contributed by atoms with Crippen LogP contribution in [0.3, 0.4) is 0 Å². The van der Waals surface area contributed by atoms with Gasteiger partial charge in [-0.25, -0.2) is 9.59 Å². The quantitative estimate of drug-likeness (QED) is 0.178. The summed E-state index contributed by atoms with van der Waals surface area (Å²) in [6.07, 6.45) is 0.281. The number of carboxylic acid groups (broad SMARTS) is 2. The van der Waals surface area contributed by atoms with Gasteiger partial charge in [-0.05, 0) is 54.7 Å². The van der Waals surface area contributed by atoms with Crippen LogP contribution in [0.1, 0.15) is 53.9 Å². The topological polar surface area (TPSA) is 201 Å². The number of anilines is 2. The third kappa shape index (κ3) is 7.08. The highest BCUT2D eigenvalue weighted by Crippen LogP contribution is 2.33. The Morgan fingerprint density at radius 2 is 1.58 bits per heavy atom. The Morgan fingerprint density at radius 3 is 2.12 bits per heavy atom. The number of imide groups is 1. The van der Waals surface area contributed by atoms with Gasteiger partial charge in [0.25, 0.3) is 5.69 Å². The van der Waals surface area contributed by atoms with Gasteiger partial charge in [-0.3, -0.25) is 34.3 Å². The smallest absolute Gasteiger partial charge is 0.395 e. The van der Waals surface area contributed by atoms with E-state index in [1.54, 1.807) is 19.9 Å². The van der Waals surface area contributed by atoms with Crippen molar-refractivity contribution in [3.05, 3.63) is 99.1 Å². The number of aryl methyl sites for hydroxylation is 1. The number of para-hydroxylation sites is 1. The molecule has 0 heterocycles. The van der Waals surface area contributed by atoms with Crippen LogP contribution in [0.4, 0.5) is 17.1 Å². The average molecular weight is 591 g/mol.